The number of ether oxygens (including phenoxy) is 3. The zero-order valence-electron chi connectivity index (χ0n) is 17.5. The molecule has 0 unspecified atom stereocenters. The van der Waals surface area contributed by atoms with Crippen LogP contribution in [0.4, 0.5) is 0 Å². The first-order valence-electron chi connectivity index (χ1n) is 9.88. The van der Waals surface area contributed by atoms with Crippen LogP contribution < -0.4 is 14.9 Å². The first-order chi connectivity index (χ1) is 16.1. The molecule has 0 radical (unpaired) electrons. The standard InChI is InChI=1S/C22H20O12/c1-31-19-11(23)6-12-13(15(19)25)14(24)10(7-32-12)8-2-4-9(5-3-8)33-22-18(28)16(26)17(27)20(34-22)21(29)30/h2-7,16-18,20,22-23,25-28H,1H3,(H,29,30)/t16-,17-,18+,20-,22+/m0/s1. The third kappa shape index (κ3) is 3.88. The molecule has 0 amide bonds. The van der Waals surface area contributed by atoms with E-state index in [1.807, 2.05) is 0 Å². The normalized spacial score (nSPS) is 24.6. The minimum absolute atomic E-state index is 0.0540. The van der Waals surface area contributed by atoms with E-state index in [9.17, 15) is 35.1 Å². The fourth-order valence-corrected chi connectivity index (χ4v) is 3.63. The molecule has 12 nitrogen and oxygen atoms in total. The van der Waals surface area contributed by atoms with Crippen molar-refractivity contribution in [2.45, 2.75) is 30.7 Å². The summed E-state index contributed by atoms with van der Waals surface area (Å²) in [5.41, 5.74) is -0.223. The molecule has 1 fully saturated rings. The van der Waals surface area contributed by atoms with Crippen molar-refractivity contribution in [3.63, 3.8) is 0 Å². The van der Waals surface area contributed by atoms with Crippen LogP contribution in [0.3, 0.4) is 0 Å². The van der Waals surface area contributed by atoms with Crippen LogP contribution in [0.2, 0.25) is 0 Å². The molecular weight excluding hydrogens is 456 g/mol. The van der Waals surface area contributed by atoms with E-state index in [2.05, 4.69) is 0 Å². The third-order valence-corrected chi connectivity index (χ3v) is 5.41. The summed E-state index contributed by atoms with van der Waals surface area (Å²) < 4.78 is 20.8. The number of aromatic hydroxyl groups is 2. The van der Waals surface area contributed by atoms with Gasteiger partial charge in [0.2, 0.25) is 17.5 Å². The molecule has 1 aliphatic heterocycles. The zero-order chi connectivity index (χ0) is 24.7. The number of methoxy groups -OCH3 is 1. The van der Waals surface area contributed by atoms with E-state index < -0.39 is 53.6 Å². The quantitative estimate of drug-likeness (QED) is 0.292. The van der Waals surface area contributed by atoms with Gasteiger partial charge in [0.05, 0.1) is 12.7 Å². The van der Waals surface area contributed by atoms with E-state index in [1.165, 1.54) is 31.4 Å². The summed E-state index contributed by atoms with van der Waals surface area (Å²) >= 11 is 0. The van der Waals surface area contributed by atoms with E-state index in [-0.39, 0.29) is 28.0 Å². The lowest BCUT2D eigenvalue weighted by molar-refractivity contribution is -0.271. The lowest BCUT2D eigenvalue weighted by Crippen LogP contribution is -2.61. The van der Waals surface area contributed by atoms with Crippen LogP contribution in [0.15, 0.2) is 45.8 Å². The van der Waals surface area contributed by atoms with Gasteiger partial charge in [0.1, 0.15) is 41.3 Å². The fraction of sp³-hybridized carbons (Fsp3) is 0.273. The molecule has 1 saturated heterocycles. The molecule has 2 heterocycles. The topological polar surface area (TPSA) is 196 Å². The molecule has 0 aliphatic carbocycles. The van der Waals surface area contributed by atoms with Crippen molar-refractivity contribution in [3.05, 3.63) is 46.8 Å². The minimum atomic E-state index is -1.85. The number of aliphatic hydroxyl groups is 3. The monoisotopic (exact) mass is 476 g/mol. The maximum atomic E-state index is 13.0. The van der Waals surface area contributed by atoms with Gasteiger partial charge in [-0.1, -0.05) is 12.1 Å². The van der Waals surface area contributed by atoms with Gasteiger partial charge >= 0.3 is 5.97 Å². The number of hydrogen-bond acceptors (Lipinski definition) is 11. The van der Waals surface area contributed by atoms with Crippen molar-refractivity contribution in [2.24, 2.45) is 0 Å². The summed E-state index contributed by atoms with van der Waals surface area (Å²) in [6.45, 7) is 0. The Hall–Kier alpha value is -3.84. The lowest BCUT2D eigenvalue weighted by Gasteiger charge is -2.38. The Labute approximate surface area is 190 Å². The van der Waals surface area contributed by atoms with Gasteiger partial charge in [-0.3, -0.25) is 4.79 Å². The number of rotatable bonds is 5. The minimum Gasteiger partial charge on any atom is -0.504 e. The number of fused-ring (bicyclic) bond motifs is 1. The Kier molecular flexibility index (Phi) is 6.06. The average molecular weight is 476 g/mol. The summed E-state index contributed by atoms with van der Waals surface area (Å²) in [5.74, 6) is -2.71. The zero-order valence-corrected chi connectivity index (χ0v) is 17.5. The first-order valence-corrected chi connectivity index (χ1v) is 9.88. The first kappa shape index (κ1) is 23.3. The highest BCUT2D eigenvalue weighted by Crippen LogP contribution is 2.41. The van der Waals surface area contributed by atoms with Crippen LogP contribution in [0.5, 0.6) is 23.0 Å². The van der Waals surface area contributed by atoms with E-state index in [4.69, 9.17) is 23.7 Å². The van der Waals surface area contributed by atoms with Crippen molar-refractivity contribution in [2.75, 3.05) is 7.11 Å². The van der Waals surface area contributed by atoms with E-state index >= 15 is 0 Å². The summed E-state index contributed by atoms with van der Waals surface area (Å²) in [4.78, 5) is 24.2. The molecule has 34 heavy (non-hydrogen) atoms. The number of aliphatic carboxylic acids is 1. The maximum absolute atomic E-state index is 13.0. The van der Waals surface area contributed by atoms with Crippen LogP contribution in [-0.4, -0.2) is 74.4 Å². The van der Waals surface area contributed by atoms with Gasteiger partial charge in [-0.25, -0.2) is 4.79 Å². The summed E-state index contributed by atoms with van der Waals surface area (Å²) in [7, 11) is 1.22. The van der Waals surface area contributed by atoms with Gasteiger partial charge in [0.15, 0.2) is 17.6 Å². The van der Waals surface area contributed by atoms with Crippen molar-refractivity contribution in [1.82, 2.24) is 0 Å². The average Bonchev–Trinajstić information content (AvgIpc) is 2.80. The molecule has 180 valence electrons. The lowest BCUT2D eigenvalue weighted by atomic mass is 9.99. The molecule has 2 aromatic carbocycles. The number of carboxylic acid groups (broad SMARTS) is 1. The number of phenolic OH excluding ortho intramolecular Hbond substituents is 2. The van der Waals surface area contributed by atoms with Gasteiger partial charge in [-0.2, -0.15) is 0 Å². The van der Waals surface area contributed by atoms with Crippen LogP contribution in [0.25, 0.3) is 22.1 Å². The number of aliphatic hydroxyl groups excluding tert-OH is 3. The molecule has 5 atom stereocenters. The highest BCUT2D eigenvalue weighted by atomic mass is 16.7. The molecular formula is C22H20O12. The highest BCUT2D eigenvalue weighted by Gasteiger charge is 2.48. The van der Waals surface area contributed by atoms with Crippen LogP contribution in [0, 0.1) is 0 Å². The van der Waals surface area contributed by atoms with Crippen molar-refractivity contribution >= 4 is 16.9 Å². The SMILES string of the molecule is COc1c(O)cc2occ(-c3ccc(O[C@@H]4O[C@H](C(=O)O)[C@@H](O)[C@H](O)[C@H]4O)cc3)c(=O)c2c1O. The molecule has 6 N–H and O–H groups in total. The summed E-state index contributed by atoms with van der Waals surface area (Å²) in [5, 5.41) is 58.8. The molecule has 3 aromatic rings. The second-order valence-corrected chi connectivity index (χ2v) is 7.51. The van der Waals surface area contributed by atoms with Crippen LogP contribution in [-0.2, 0) is 9.53 Å². The largest absolute Gasteiger partial charge is 0.504 e. The molecule has 1 aliphatic rings. The third-order valence-electron chi connectivity index (χ3n) is 5.41. The molecule has 4 rings (SSSR count). The van der Waals surface area contributed by atoms with Crippen molar-refractivity contribution < 1.29 is 54.1 Å². The maximum Gasteiger partial charge on any atom is 0.335 e. The number of carbonyl (C=O) groups is 1. The van der Waals surface area contributed by atoms with Gasteiger partial charge in [-0.15, -0.1) is 0 Å². The number of phenols is 2. The Balaban J connectivity index is 1.62. The van der Waals surface area contributed by atoms with Crippen molar-refractivity contribution in [3.8, 4) is 34.1 Å². The Bertz CT molecular complexity index is 1280. The molecule has 1 aromatic heterocycles. The van der Waals surface area contributed by atoms with E-state index in [0.717, 1.165) is 12.3 Å². The van der Waals surface area contributed by atoms with Crippen LogP contribution >= 0.6 is 0 Å². The Morgan fingerprint density at radius 1 is 1.03 bits per heavy atom. The number of carboxylic acids is 1. The van der Waals surface area contributed by atoms with E-state index in [1.54, 1.807) is 0 Å². The number of benzene rings is 2. The molecule has 0 bridgehead atoms. The fourth-order valence-electron chi connectivity index (χ4n) is 3.63. The van der Waals surface area contributed by atoms with Gasteiger partial charge in [-0.05, 0) is 17.7 Å². The molecule has 12 heteroatoms. The summed E-state index contributed by atoms with van der Waals surface area (Å²) in [6, 6.07) is 6.83. The van der Waals surface area contributed by atoms with E-state index in [0.29, 0.717) is 5.56 Å². The molecule has 0 saturated carbocycles. The van der Waals surface area contributed by atoms with Gasteiger partial charge in [0, 0.05) is 6.07 Å². The predicted molar refractivity (Wildman–Crippen MR) is 113 cm³/mol. The molecule has 0 spiro atoms. The number of hydrogen-bond donors (Lipinski definition) is 6. The van der Waals surface area contributed by atoms with Gasteiger partial charge < -0.3 is 49.3 Å². The Morgan fingerprint density at radius 3 is 2.32 bits per heavy atom. The second kappa shape index (κ2) is 8.83. The predicted octanol–water partition coefficient (Wildman–Crippen LogP) is 0.151. The summed E-state index contributed by atoms with van der Waals surface area (Å²) in [6.07, 6.45) is -7.65. The smallest absolute Gasteiger partial charge is 0.335 e. The second-order valence-electron chi connectivity index (χ2n) is 7.51. The van der Waals surface area contributed by atoms with Crippen LogP contribution in [0.1, 0.15) is 0 Å². The Morgan fingerprint density at radius 2 is 1.71 bits per heavy atom. The van der Waals surface area contributed by atoms with Gasteiger partial charge in [0.25, 0.3) is 0 Å². The highest BCUT2D eigenvalue weighted by molar-refractivity contribution is 5.91. The van der Waals surface area contributed by atoms with Crippen molar-refractivity contribution in [1.29, 1.82) is 0 Å².